The van der Waals surface area contributed by atoms with Crippen molar-refractivity contribution in [1.29, 1.82) is 0 Å². The molecule has 1 atom stereocenters. The number of thiazole rings is 1. The molecule has 1 aromatic carbocycles. The topological polar surface area (TPSA) is 79.4 Å². The first-order valence-corrected chi connectivity index (χ1v) is 10.8. The van der Waals surface area contributed by atoms with E-state index in [9.17, 15) is 14.4 Å². The van der Waals surface area contributed by atoms with E-state index in [0.29, 0.717) is 35.8 Å². The van der Waals surface area contributed by atoms with E-state index in [1.54, 1.807) is 4.90 Å². The number of hydrogen-bond donors (Lipinski definition) is 1. The number of hydrogen-bond acceptors (Lipinski definition) is 5. The van der Waals surface area contributed by atoms with Crippen LogP contribution in [0.15, 0.2) is 28.7 Å². The molecule has 0 bridgehead atoms. The smallest absolute Gasteiger partial charge is 0.239 e. The van der Waals surface area contributed by atoms with Gasteiger partial charge in [-0.1, -0.05) is 37.3 Å². The van der Waals surface area contributed by atoms with Crippen LogP contribution in [0.1, 0.15) is 42.1 Å². The number of nitrogens with one attached hydrogen (secondary N) is 1. The van der Waals surface area contributed by atoms with Gasteiger partial charge in [-0.2, -0.15) is 0 Å². The van der Waals surface area contributed by atoms with Crippen LogP contribution in [0.4, 0.5) is 10.8 Å². The van der Waals surface area contributed by atoms with E-state index in [1.807, 2.05) is 38.1 Å². The highest BCUT2D eigenvalue weighted by molar-refractivity contribution is 9.10. The summed E-state index contributed by atoms with van der Waals surface area (Å²) in [4.78, 5) is 44.6. The minimum atomic E-state index is -0.750. The number of para-hydroxylation sites is 1. The summed E-state index contributed by atoms with van der Waals surface area (Å²) >= 11 is 4.66. The van der Waals surface area contributed by atoms with Crippen molar-refractivity contribution in [3.05, 3.63) is 39.3 Å². The predicted octanol–water partition coefficient (Wildman–Crippen LogP) is 4.05. The van der Waals surface area contributed by atoms with Crippen LogP contribution in [0.2, 0.25) is 0 Å². The number of benzene rings is 1. The second-order valence-corrected chi connectivity index (χ2v) is 9.86. The van der Waals surface area contributed by atoms with Crippen molar-refractivity contribution in [3.63, 3.8) is 0 Å². The van der Waals surface area contributed by atoms with Crippen LogP contribution in [-0.4, -0.2) is 29.1 Å². The number of halogens is 1. The summed E-state index contributed by atoms with van der Waals surface area (Å²) in [7, 11) is 0. The minimum absolute atomic E-state index is 0.0706. The van der Waals surface area contributed by atoms with Crippen LogP contribution in [0.3, 0.4) is 0 Å². The van der Waals surface area contributed by atoms with Crippen LogP contribution in [0.5, 0.6) is 0 Å². The fourth-order valence-corrected chi connectivity index (χ4v) is 5.22. The SMILES string of the molecule is CC1(C)CC(=O)c2sc(NC(=O)C3CCN(c4ccccc4Br)C3=O)nc2C1. The van der Waals surface area contributed by atoms with E-state index in [1.165, 1.54) is 11.3 Å². The van der Waals surface area contributed by atoms with E-state index in [0.717, 1.165) is 15.9 Å². The normalized spacial score (nSPS) is 21.0. The quantitative estimate of drug-likeness (QED) is 0.698. The Balaban J connectivity index is 1.49. The molecule has 6 nitrogen and oxygen atoms in total. The zero-order valence-corrected chi connectivity index (χ0v) is 18.0. The van der Waals surface area contributed by atoms with E-state index in [2.05, 4.69) is 26.2 Å². The highest BCUT2D eigenvalue weighted by atomic mass is 79.9. The van der Waals surface area contributed by atoms with Gasteiger partial charge in [-0.15, -0.1) is 0 Å². The summed E-state index contributed by atoms with van der Waals surface area (Å²) in [5, 5.41) is 3.16. The lowest BCUT2D eigenvalue weighted by atomic mass is 9.78. The molecule has 0 spiro atoms. The van der Waals surface area contributed by atoms with Crippen molar-refractivity contribution in [3.8, 4) is 0 Å². The lowest BCUT2D eigenvalue weighted by Crippen LogP contribution is -2.33. The molecule has 1 N–H and O–H groups in total. The molecule has 1 fully saturated rings. The molecule has 2 aliphatic rings. The fourth-order valence-electron chi connectivity index (χ4n) is 3.80. The lowest BCUT2D eigenvalue weighted by molar-refractivity contribution is -0.129. The average molecular weight is 462 g/mol. The highest BCUT2D eigenvalue weighted by Gasteiger charge is 2.39. The number of aromatic nitrogens is 1. The molecule has 1 aliphatic heterocycles. The van der Waals surface area contributed by atoms with Gasteiger partial charge in [-0.25, -0.2) is 4.98 Å². The fraction of sp³-hybridized carbons (Fsp3) is 0.400. The molecule has 1 saturated heterocycles. The number of anilines is 2. The molecule has 2 heterocycles. The molecule has 146 valence electrons. The Morgan fingerprint density at radius 2 is 2.04 bits per heavy atom. The van der Waals surface area contributed by atoms with Crippen LogP contribution in [-0.2, 0) is 16.0 Å². The third kappa shape index (κ3) is 3.51. The zero-order chi connectivity index (χ0) is 20.1. The lowest BCUT2D eigenvalue weighted by Gasteiger charge is -2.26. The Bertz CT molecular complexity index is 985. The van der Waals surface area contributed by atoms with E-state index < -0.39 is 5.92 Å². The largest absolute Gasteiger partial charge is 0.311 e. The van der Waals surface area contributed by atoms with Gasteiger partial charge < -0.3 is 10.2 Å². The van der Waals surface area contributed by atoms with Gasteiger partial charge in [0.1, 0.15) is 5.92 Å². The molecule has 1 aliphatic carbocycles. The second-order valence-electron chi connectivity index (χ2n) is 8.01. The summed E-state index contributed by atoms with van der Waals surface area (Å²) in [5.41, 5.74) is 1.39. The Kier molecular flexibility index (Phi) is 4.87. The third-order valence-corrected chi connectivity index (χ3v) is 6.86. The number of nitrogens with zero attached hydrogens (tertiary/aromatic N) is 2. The van der Waals surface area contributed by atoms with Crippen LogP contribution >= 0.6 is 27.3 Å². The summed E-state index contributed by atoms with van der Waals surface area (Å²) in [6.07, 6.45) is 1.64. The number of carbonyl (C=O) groups excluding carboxylic acids is 3. The van der Waals surface area contributed by atoms with Crippen molar-refractivity contribution in [1.82, 2.24) is 4.98 Å². The van der Waals surface area contributed by atoms with Crippen molar-refractivity contribution in [2.24, 2.45) is 11.3 Å². The molecule has 1 aromatic heterocycles. The van der Waals surface area contributed by atoms with Gasteiger partial charge in [0.2, 0.25) is 11.8 Å². The summed E-state index contributed by atoms with van der Waals surface area (Å²) in [5.74, 6) is -1.26. The van der Waals surface area contributed by atoms with Gasteiger partial charge in [0, 0.05) is 17.4 Å². The molecule has 2 amide bonds. The van der Waals surface area contributed by atoms with Gasteiger partial charge in [0.05, 0.1) is 16.3 Å². The molecule has 2 aromatic rings. The van der Waals surface area contributed by atoms with Gasteiger partial charge in [-0.05, 0) is 46.3 Å². The van der Waals surface area contributed by atoms with Crippen molar-refractivity contribution < 1.29 is 14.4 Å². The molecule has 4 rings (SSSR count). The molecule has 1 unspecified atom stereocenters. The average Bonchev–Trinajstić information content (AvgIpc) is 3.18. The highest BCUT2D eigenvalue weighted by Crippen LogP contribution is 2.38. The third-order valence-electron chi connectivity index (χ3n) is 5.13. The maximum atomic E-state index is 12.8. The maximum absolute atomic E-state index is 12.8. The number of Topliss-reactive ketones (excluding diaryl/α,β-unsaturated/α-hetero) is 1. The first-order chi connectivity index (χ1) is 13.2. The molecular weight excluding hydrogens is 442 g/mol. The van der Waals surface area contributed by atoms with E-state index in [4.69, 9.17) is 0 Å². The first-order valence-electron chi connectivity index (χ1n) is 9.15. The molecular formula is C20H20BrN3O3S. The van der Waals surface area contributed by atoms with Gasteiger partial charge in [0.25, 0.3) is 0 Å². The van der Waals surface area contributed by atoms with Crippen LogP contribution in [0.25, 0.3) is 0 Å². The standard InChI is InChI=1S/C20H20BrN3O3S/c1-20(2)9-13-16(15(25)10-20)28-19(22-13)23-17(26)11-7-8-24(18(11)27)14-6-4-3-5-12(14)21/h3-6,11H,7-10H2,1-2H3,(H,22,23,26). The Labute approximate surface area is 175 Å². The van der Waals surface area contributed by atoms with Crippen molar-refractivity contribution in [2.75, 3.05) is 16.8 Å². The first kappa shape index (κ1) is 19.3. The molecule has 8 heteroatoms. The predicted molar refractivity (Wildman–Crippen MR) is 112 cm³/mol. The van der Waals surface area contributed by atoms with E-state index >= 15 is 0 Å². The Morgan fingerprint density at radius 3 is 2.79 bits per heavy atom. The number of amides is 2. The van der Waals surface area contributed by atoms with E-state index in [-0.39, 0.29) is 23.0 Å². The summed E-state index contributed by atoms with van der Waals surface area (Å²) in [6, 6.07) is 7.46. The van der Waals surface area contributed by atoms with Crippen LogP contribution in [0, 0.1) is 11.3 Å². The monoisotopic (exact) mass is 461 g/mol. The second kappa shape index (κ2) is 7.08. The van der Waals surface area contributed by atoms with Gasteiger partial charge in [0.15, 0.2) is 10.9 Å². The molecule has 28 heavy (non-hydrogen) atoms. The number of fused-ring (bicyclic) bond motifs is 1. The summed E-state index contributed by atoms with van der Waals surface area (Å²) in [6.45, 7) is 4.57. The molecule has 0 saturated carbocycles. The summed E-state index contributed by atoms with van der Waals surface area (Å²) < 4.78 is 0.818. The Morgan fingerprint density at radius 1 is 1.29 bits per heavy atom. The minimum Gasteiger partial charge on any atom is -0.311 e. The zero-order valence-electron chi connectivity index (χ0n) is 15.6. The maximum Gasteiger partial charge on any atom is 0.239 e. The number of rotatable bonds is 3. The van der Waals surface area contributed by atoms with Gasteiger partial charge >= 0.3 is 0 Å². The van der Waals surface area contributed by atoms with Crippen molar-refractivity contribution in [2.45, 2.75) is 33.1 Å². The number of ketones is 1. The molecule has 0 radical (unpaired) electrons. The Hall–Kier alpha value is -2.06. The number of carbonyl (C=O) groups is 3. The van der Waals surface area contributed by atoms with Gasteiger partial charge in [-0.3, -0.25) is 14.4 Å². The van der Waals surface area contributed by atoms with Crippen molar-refractivity contribution >= 4 is 55.7 Å². The van der Waals surface area contributed by atoms with Crippen LogP contribution < -0.4 is 10.2 Å².